The lowest BCUT2D eigenvalue weighted by Gasteiger charge is -2.23. The minimum atomic E-state index is -1.08. The smallest absolute Gasteiger partial charge is 0.303 e. The number of fused-ring (bicyclic) bond motifs is 2. The predicted molar refractivity (Wildman–Crippen MR) is 106 cm³/mol. The maximum absolute atomic E-state index is 12.9. The lowest BCUT2D eigenvalue weighted by molar-refractivity contribution is -0.166. The average molecular weight is 448 g/mol. The minimum Gasteiger partial charge on any atom is -0.463 e. The molecule has 1 aliphatic carbocycles. The number of aryl methyl sites for hydroxylation is 1. The van der Waals surface area contributed by atoms with E-state index >= 15 is 0 Å². The van der Waals surface area contributed by atoms with Crippen molar-refractivity contribution in [1.29, 1.82) is 0 Å². The van der Waals surface area contributed by atoms with Crippen molar-refractivity contribution in [2.24, 2.45) is 0 Å². The lowest BCUT2D eigenvalue weighted by atomic mass is 9.97. The Hall–Kier alpha value is -3.28. The number of rotatable bonds is 5. The van der Waals surface area contributed by atoms with Crippen LogP contribution in [0.1, 0.15) is 51.1 Å². The fourth-order valence-corrected chi connectivity index (χ4v) is 4.16. The van der Waals surface area contributed by atoms with Gasteiger partial charge in [0.1, 0.15) is 19.0 Å². The van der Waals surface area contributed by atoms with Crippen LogP contribution >= 0.6 is 0 Å². The van der Waals surface area contributed by atoms with E-state index < -0.39 is 42.4 Å². The van der Waals surface area contributed by atoms with Gasteiger partial charge in [-0.15, -0.1) is 0 Å². The maximum Gasteiger partial charge on any atom is 0.303 e. The van der Waals surface area contributed by atoms with Gasteiger partial charge in [-0.2, -0.15) is 9.61 Å². The molecule has 0 aromatic carbocycles. The van der Waals surface area contributed by atoms with Crippen molar-refractivity contribution in [3.8, 4) is 0 Å². The Labute approximate surface area is 182 Å². The van der Waals surface area contributed by atoms with E-state index in [1.165, 1.54) is 36.2 Å². The van der Waals surface area contributed by atoms with Crippen LogP contribution in [-0.2, 0) is 46.2 Å². The first-order valence-corrected chi connectivity index (χ1v) is 10.4. The molecule has 2 aromatic rings. The second kappa shape index (κ2) is 8.69. The van der Waals surface area contributed by atoms with Crippen molar-refractivity contribution in [2.45, 2.75) is 71.0 Å². The van der Waals surface area contributed by atoms with Crippen LogP contribution in [0.3, 0.4) is 0 Å². The van der Waals surface area contributed by atoms with Crippen molar-refractivity contribution in [3.05, 3.63) is 27.9 Å². The average Bonchev–Trinajstić information content (AvgIpc) is 3.28. The van der Waals surface area contributed by atoms with Gasteiger partial charge in [-0.05, 0) is 25.7 Å². The van der Waals surface area contributed by atoms with E-state index in [9.17, 15) is 19.2 Å². The van der Waals surface area contributed by atoms with E-state index in [1.54, 1.807) is 0 Å². The van der Waals surface area contributed by atoms with Gasteiger partial charge in [0.2, 0.25) is 5.78 Å². The molecule has 0 bridgehead atoms. The first-order valence-electron chi connectivity index (χ1n) is 10.4. The molecule has 2 aromatic heterocycles. The fraction of sp³-hybridized carbons (Fsp3) is 0.600. The molecule has 3 heterocycles. The quantitative estimate of drug-likeness (QED) is 0.456. The van der Waals surface area contributed by atoms with Crippen molar-refractivity contribution in [2.75, 3.05) is 6.61 Å². The summed E-state index contributed by atoms with van der Waals surface area (Å²) in [7, 11) is 0. The number of nitrogens with zero attached hydrogens (tertiary/aromatic N) is 4. The summed E-state index contributed by atoms with van der Waals surface area (Å²) in [6.45, 7) is 3.43. The monoisotopic (exact) mass is 448 g/mol. The highest BCUT2D eigenvalue weighted by Crippen LogP contribution is 2.35. The van der Waals surface area contributed by atoms with Gasteiger partial charge < -0.3 is 18.9 Å². The fourth-order valence-electron chi connectivity index (χ4n) is 4.16. The van der Waals surface area contributed by atoms with E-state index in [4.69, 9.17) is 18.9 Å². The second-order valence-corrected chi connectivity index (χ2v) is 7.82. The summed E-state index contributed by atoms with van der Waals surface area (Å²) in [6.07, 6.45) is 0.462. The predicted octanol–water partition coefficient (Wildman–Crippen LogP) is 0.0937. The molecule has 1 fully saturated rings. The molecule has 12 heteroatoms. The maximum atomic E-state index is 12.9. The van der Waals surface area contributed by atoms with Gasteiger partial charge in [0.15, 0.2) is 18.4 Å². The molecule has 4 atom stereocenters. The third-order valence-electron chi connectivity index (χ3n) is 5.45. The number of hydrogen-bond donors (Lipinski definition) is 0. The molecule has 12 nitrogen and oxygen atoms in total. The topological polar surface area (TPSA) is 140 Å². The Morgan fingerprint density at radius 1 is 1.06 bits per heavy atom. The Morgan fingerprint density at radius 2 is 1.75 bits per heavy atom. The second-order valence-electron chi connectivity index (χ2n) is 7.82. The van der Waals surface area contributed by atoms with Crippen LogP contribution in [-0.4, -0.2) is 62.0 Å². The highest BCUT2D eigenvalue weighted by Gasteiger charge is 2.51. The van der Waals surface area contributed by atoms with Crippen LogP contribution in [0.15, 0.2) is 11.1 Å². The highest BCUT2D eigenvalue weighted by molar-refractivity contribution is 5.68. The zero-order valence-electron chi connectivity index (χ0n) is 18.0. The first kappa shape index (κ1) is 21.9. The zero-order chi connectivity index (χ0) is 23.0. The molecule has 32 heavy (non-hydrogen) atoms. The summed E-state index contributed by atoms with van der Waals surface area (Å²) in [6, 6.07) is 0. The van der Waals surface area contributed by atoms with Crippen molar-refractivity contribution in [1.82, 2.24) is 19.2 Å². The number of carbonyl (C=O) groups is 3. The van der Waals surface area contributed by atoms with Crippen LogP contribution < -0.4 is 5.56 Å². The van der Waals surface area contributed by atoms with Gasteiger partial charge in [0.25, 0.3) is 5.56 Å². The Morgan fingerprint density at radius 3 is 2.44 bits per heavy atom. The molecule has 4 rings (SSSR count). The molecular weight excluding hydrogens is 424 g/mol. The van der Waals surface area contributed by atoms with Crippen LogP contribution in [0.5, 0.6) is 0 Å². The van der Waals surface area contributed by atoms with E-state index in [1.807, 2.05) is 0 Å². The van der Waals surface area contributed by atoms with E-state index in [0.717, 1.165) is 12.8 Å². The molecule has 0 N–H and O–H groups in total. The van der Waals surface area contributed by atoms with Crippen molar-refractivity contribution in [3.63, 3.8) is 0 Å². The third kappa shape index (κ3) is 4.09. The summed E-state index contributed by atoms with van der Waals surface area (Å²) < 4.78 is 24.5. The zero-order valence-corrected chi connectivity index (χ0v) is 18.0. The summed E-state index contributed by atoms with van der Waals surface area (Å²) in [4.78, 5) is 52.4. The SMILES string of the molecule is CC(=O)OC[C@H]1O[C@@H](n2cnn3c(=O)c4c(nc23)CCCC4)[C@H](OC(C)=O)[C@@H]1OC(C)=O. The van der Waals surface area contributed by atoms with Gasteiger partial charge in [-0.3, -0.25) is 23.7 Å². The molecule has 172 valence electrons. The van der Waals surface area contributed by atoms with Crippen LogP contribution in [0.25, 0.3) is 5.78 Å². The van der Waals surface area contributed by atoms with Crippen LogP contribution in [0, 0.1) is 0 Å². The molecule has 0 saturated carbocycles. The Bertz CT molecular complexity index is 1120. The third-order valence-corrected chi connectivity index (χ3v) is 5.45. The molecule has 0 spiro atoms. The summed E-state index contributed by atoms with van der Waals surface area (Å²) >= 11 is 0. The Kier molecular flexibility index (Phi) is 5.96. The largest absolute Gasteiger partial charge is 0.463 e. The first-order chi connectivity index (χ1) is 15.3. The van der Waals surface area contributed by atoms with Gasteiger partial charge in [0, 0.05) is 26.3 Å². The van der Waals surface area contributed by atoms with Crippen molar-refractivity contribution >= 4 is 23.7 Å². The Balaban J connectivity index is 1.77. The molecule has 0 unspecified atom stereocenters. The summed E-state index contributed by atoms with van der Waals surface area (Å²) in [5.74, 6) is -1.58. The van der Waals surface area contributed by atoms with Gasteiger partial charge >= 0.3 is 17.9 Å². The van der Waals surface area contributed by atoms with E-state index in [-0.39, 0.29) is 17.9 Å². The van der Waals surface area contributed by atoms with Crippen LogP contribution in [0.2, 0.25) is 0 Å². The van der Waals surface area contributed by atoms with E-state index in [2.05, 4.69) is 10.1 Å². The number of esters is 3. The number of ether oxygens (including phenoxy) is 4. The van der Waals surface area contributed by atoms with E-state index in [0.29, 0.717) is 24.1 Å². The molecule has 2 aliphatic rings. The summed E-state index contributed by atoms with van der Waals surface area (Å²) in [5, 5.41) is 4.16. The normalized spacial score (nSPS) is 24.7. The minimum absolute atomic E-state index is 0.215. The molecular formula is C20H24N4O8. The molecule has 1 aliphatic heterocycles. The van der Waals surface area contributed by atoms with Crippen LogP contribution in [0.4, 0.5) is 0 Å². The van der Waals surface area contributed by atoms with Gasteiger partial charge in [0.05, 0.1) is 5.69 Å². The number of aromatic nitrogens is 4. The molecule has 0 amide bonds. The molecule has 1 saturated heterocycles. The van der Waals surface area contributed by atoms with Gasteiger partial charge in [-0.1, -0.05) is 0 Å². The standard InChI is InChI=1S/C20H24N4O8/c1-10(25)29-8-15-16(30-11(2)26)17(31-12(3)27)19(32-15)23-9-21-24-18(28)13-6-4-5-7-14(13)22-20(23)24/h9,15-17,19H,4-8H2,1-3H3/t15-,16-,17-,19-/m1/s1. The summed E-state index contributed by atoms with van der Waals surface area (Å²) in [5.41, 5.74) is 1.10. The number of hydrogen-bond acceptors (Lipinski definition) is 10. The highest BCUT2D eigenvalue weighted by atomic mass is 16.7. The number of carbonyl (C=O) groups excluding carboxylic acids is 3. The molecule has 0 radical (unpaired) electrons. The lowest BCUT2D eigenvalue weighted by Crippen LogP contribution is -2.40. The van der Waals surface area contributed by atoms with Crippen molar-refractivity contribution < 1.29 is 33.3 Å². The van der Waals surface area contributed by atoms with Gasteiger partial charge in [-0.25, -0.2) is 4.98 Å².